The summed E-state index contributed by atoms with van der Waals surface area (Å²) >= 11 is 1.63. The number of rotatable bonds is 8. The van der Waals surface area contributed by atoms with Crippen molar-refractivity contribution in [3.05, 3.63) is 51.5 Å². The molecular weight excluding hydrogens is 374 g/mol. The fourth-order valence-electron chi connectivity index (χ4n) is 3.07. The molecule has 0 unspecified atom stereocenters. The minimum absolute atomic E-state index is 0.00297. The van der Waals surface area contributed by atoms with Gasteiger partial charge >= 0.3 is 0 Å². The maximum Gasteiger partial charge on any atom is 0.223 e. The summed E-state index contributed by atoms with van der Waals surface area (Å²) in [5.74, 6) is -0.0357. The van der Waals surface area contributed by atoms with Gasteiger partial charge in [-0.15, -0.1) is 11.3 Å². The van der Waals surface area contributed by atoms with Gasteiger partial charge in [0.25, 0.3) is 0 Å². The predicted octanol–water partition coefficient (Wildman–Crippen LogP) is 2.91. The first kappa shape index (κ1) is 20.6. The summed E-state index contributed by atoms with van der Waals surface area (Å²) in [7, 11) is 1.76. The zero-order chi connectivity index (χ0) is 19.9. The number of aromatic nitrogens is 1. The highest BCUT2D eigenvalue weighted by atomic mass is 32.1. The third kappa shape index (κ3) is 5.95. The number of carbonyl (C=O) groups excluding carboxylic acids is 2. The second kappa shape index (κ2) is 9.91. The number of ether oxygens (including phenoxy) is 1. The fourth-order valence-corrected chi connectivity index (χ4v) is 3.90. The van der Waals surface area contributed by atoms with Crippen LogP contribution in [0, 0.1) is 6.92 Å². The van der Waals surface area contributed by atoms with Gasteiger partial charge in [0.1, 0.15) is 5.01 Å². The van der Waals surface area contributed by atoms with E-state index in [-0.39, 0.29) is 24.5 Å². The number of Topliss-reactive ketones (excluding diaryl/α,β-unsaturated/α-hetero) is 1. The van der Waals surface area contributed by atoms with Crippen LogP contribution in [-0.4, -0.2) is 59.8 Å². The number of carbonyl (C=O) groups is 2. The summed E-state index contributed by atoms with van der Waals surface area (Å²) in [6.07, 6.45) is 0.444. The first-order valence-electron chi connectivity index (χ1n) is 9.58. The Labute approximate surface area is 170 Å². The van der Waals surface area contributed by atoms with E-state index in [0.717, 1.165) is 49.1 Å². The normalized spacial score (nSPS) is 14.8. The Morgan fingerprint density at radius 2 is 1.89 bits per heavy atom. The Hall–Kier alpha value is -2.09. The van der Waals surface area contributed by atoms with E-state index >= 15 is 0 Å². The van der Waals surface area contributed by atoms with E-state index < -0.39 is 0 Å². The molecule has 0 bridgehead atoms. The zero-order valence-electron chi connectivity index (χ0n) is 16.5. The molecule has 0 aliphatic carbocycles. The highest BCUT2D eigenvalue weighted by Crippen LogP contribution is 2.15. The lowest BCUT2D eigenvalue weighted by molar-refractivity contribution is -0.130. The Balaban J connectivity index is 1.44. The van der Waals surface area contributed by atoms with Crippen molar-refractivity contribution < 1.29 is 14.3 Å². The first-order valence-corrected chi connectivity index (χ1v) is 10.5. The zero-order valence-corrected chi connectivity index (χ0v) is 17.3. The first-order chi connectivity index (χ1) is 13.5. The van der Waals surface area contributed by atoms with Crippen LogP contribution in [0.3, 0.4) is 0 Å². The number of amides is 1. The molecule has 28 heavy (non-hydrogen) atoms. The molecule has 1 amide bonds. The quantitative estimate of drug-likeness (QED) is 0.637. The van der Waals surface area contributed by atoms with Gasteiger partial charge in [0, 0.05) is 43.9 Å². The van der Waals surface area contributed by atoms with Crippen LogP contribution in [0.25, 0.3) is 0 Å². The van der Waals surface area contributed by atoms with Gasteiger partial charge in [-0.25, -0.2) is 4.98 Å². The molecule has 0 atom stereocenters. The van der Waals surface area contributed by atoms with Gasteiger partial charge in [-0.3, -0.25) is 14.5 Å². The van der Waals surface area contributed by atoms with Crippen LogP contribution in [0.4, 0.5) is 0 Å². The van der Waals surface area contributed by atoms with E-state index in [9.17, 15) is 9.59 Å². The molecule has 1 fully saturated rings. The van der Waals surface area contributed by atoms with Crippen molar-refractivity contribution in [3.63, 3.8) is 0 Å². The topological polar surface area (TPSA) is 62.7 Å². The third-order valence-electron chi connectivity index (χ3n) is 4.83. The molecule has 1 aromatic carbocycles. The molecular formula is C21H27N3O3S. The molecule has 0 N–H and O–H groups in total. The average Bonchev–Trinajstić information content (AvgIpc) is 3.13. The van der Waals surface area contributed by atoms with Gasteiger partial charge in [0.05, 0.1) is 32.0 Å². The van der Waals surface area contributed by atoms with Gasteiger partial charge in [-0.05, 0) is 6.92 Å². The van der Waals surface area contributed by atoms with Crippen molar-refractivity contribution in [2.75, 3.05) is 33.4 Å². The van der Waals surface area contributed by atoms with Crippen LogP contribution < -0.4 is 0 Å². The summed E-state index contributed by atoms with van der Waals surface area (Å²) in [5, 5.41) is 3.07. The van der Waals surface area contributed by atoms with Crippen molar-refractivity contribution in [1.29, 1.82) is 0 Å². The van der Waals surface area contributed by atoms with Crippen LogP contribution in [0.15, 0.2) is 29.6 Å². The molecule has 0 radical (unpaired) electrons. The number of ketones is 1. The van der Waals surface area contributed by atoms with Gasteiger partial charge in [0.15, 0.2) is 5.78 Å². The lowest BCUT2D eigenvalue weighted by atomic mass is 10.0. The minimum Gasteiger partial charge on any atom is -0.379 e. The molecule has 1 aliphatic rings. The van der Waals surface area contributed by atoms with Gasteiger partial charge in [-0.1, -0.05) is 29.8 Å². The smallest absolute Gasteiger partial charge is 0.223 e. The molecule has 2 heterocycles. The molecule has 1 saturated heterocycles. The number of hydrogen-bond acceptors (Lipinski definition) is 6. The molecule has 2 aromatic rings. The molecule has 1 aliphatic heterocycles. The van der Waals surface area contributed by atoms with E-state index in [1.54, 1.807) is 23.3 Å². The SMILES string of the molecule is Cc1ccc(C(=O)CCC(=O)N(C)Cc2csc(CN3CCOCC3)n2)cc1. The van der Waals surface area contributed by atoms with E-state index in [4.69, 9.17) is 4.74 Å². The van der Waals surface area contributed by atoms with Crippen molar-refractivity contribution in [1.82, 2.24) is 14.8 Å². The molecule has 7 heteroatoms. The van der Waals surface area contributed by atoms with Crippen molar-refractivity contribution in [2.45, 2.75) is 32.9 Å². The fraction of sp³-hybridized carbons (Fsp3) is 0.476. The monoisotopic (exact) mass is 401 g/mol. The molecule has 1 aromatic heterocycles. The second-order valence-electron chi connectivity index (χ2n) is 7.16. The van der Waals surface area contributed by atoms with E-state index in [2.05, 4.69) is 9.88 Å². The third-order valence-corrected chi connectivity index (χ3v) is 5.71. The molecule has 0 saturated carbocycles. The largest absolute Gasteiger partial charge is 0.379 e. The van der Waals surface area contributed by atoms with Gasteiger partial charge in [0.2, 0.25) is 5.91 Å². The standard InChI is InChI=1S/C21H27N3O3S/c1-16-3-5-17(6-4-16)19(25)7-8-21(26)23(2)13-18-15-28-20(22-18)14-24-9-11-27-12-10-24/h3-6,15H,7-14H2,1-2H3. The van der Waals surface area contributed by atoms with Crippen molar-refractivity contribution in [3.8, 4) is 0 Å². The minimum atomic E-state index is -0.0387. The summed E-state index contributed by atoms with van der Waals surface area (Å²) < 4.78 is 5.37. The summed E-state index contributed by atoms with van der Waals surface area (Å²) in [6.45, 7) is 6.70. The molecule has 0 spiro atoms. The van der Waals surface area contributed by atoms with Crippen LogP contribution in [0.1, 0.15) is 39.5 Å². The number of nitrogens with zero attached hydrogens (tertiary/aromatic N) is 3. The number of morpholine rings is 1. The average molecular weight is 402 g/mol. The highest BCUT2D eigenvalue weighted by molar-refractivity contribution is 7.09. The number of benzene rings is 1. The number of hydrogen-bond donors (Lipinski definition) is 0. The maximum absolute atomic E-state index is 12.4. The molecule has 6 nitrogen and oxygen atoms in total. The predicted molar refractivity (Wildman–Crippen MR) is 109 cm³/mol. The summed E-state index contributed by atoms with van der Waals surface area (Å²) in [6, 6.07) is 7.46. The molecule has 150 valence electrons. The second-order valence-corrected chi connectivity index (χ2v) is 8.10. The Kier molecular flexibility index (Phi) is 7.30. The summed E-state index contributed by atoms with van der Waals surface area (Å²) in [5.41, 5.74) is 2.67. The lowest BCUT2D eigenvalue weighted by Gasteiger charge is -2.25. The van der Waals surface area contributed by atoms with Crippen LogP contribution in [-0.2, 0) is 22.6 Å². The molecule has 3 rings (SSSR count). The van der Waals surface area contributed by atoms with E-state index in [1.165, 1.54) is 0 Å². The Morgan fingerprint density at radius 3 is 2.61 bits per heavy atom. The van der Waals surface area contributed by atoms with E-state index in [0.29, 0.717) is 12.1 Å². The highest BCUT2D eigenvalue weighted by Gasteiger charge is 2.16. The van der Waals surface area contributed by atoms with Crippen molar-refractivity contribution >= 4 is 23.0 Å². The maximum atomic E-state index is 12.4. The van der Waals surface area contributed by atoms with Gasteiger partial charge < -0.3 is 9.64 Å². The lowest BCUT2D eigenvalue weighted by Crippen LogP contribution is -2.35. The number of aryl methyl sites for hydroxylation is 1. The number of thiazole rings is 1. The van der Waals surface area contributed by atoms with Crippen LogP contribution in [0.2, 0.25) is 0 Å². The van der Waals surface area contributed by atoms with E-state index in [1.807, 2.05) is 36.6 Å². The Bertz CT molecular complexity index is 797. The summed E-state index contributed by atoms with van der Waals surface area (Å²) in [4.78, 5) is 33.3. The van der Waals surface area contributed by atoms with Gasteiger partial charge in [-0.2, -0.15) is 0 Å². The Morgan fingerprint density at radius 1 is 1.18 bits per heavy atom. The van der Waals surface area contributed by atoms with Crippen LogP contribution >= 0.6 is 11.3 Å². The van der Waals surface area contributed by atoms with Crippen LogP contribution in [0.5, 0.6) is 0 Å². The van der Waals surface area contributed by atoms with Crippen molar-refractivity contribution in [2.24, 2.45) is 0 Å².